The molecule has 3 rings (SSSR count). The van der Waals surface area contributed by atoms with Crippen LogP contribution in [0.4, 0.5) is 16.2 Å². The maximum atomic E-state index is 12.7. The smallest absolute Gasteiger partial charge is 0.308 e. The Kier molecular flexibility index (Phi) is 6.26. The van der Waals surface area contributed by atoms with E-state index in [9.17, 15) is 9.59 Å². The Hall–Kier alpha value is -1.93. The van der Waals surface area contributed by atoms with Gasteiger partial charge in [-0.05, 0) is 79.8 Å². The lowest BCUT2D eigenvalue weighted by molar-refractivity contribution is 0.0857. The summed E-state index contributed by atoms with van der Waals surface area (Å²) in [5.74, 6) is 0.237. The molecule has 6 heteroatoms. The number of likely N-dealkylation sites (tertiary alicyclic amines) is 1. The number of benzene rings is 2. The first-order valence-corrected chi connectivity index (χ1v) is 9.76. The van der Waals surface area contributed by atoms with Crippen molar-refractivity contribution >= 4 is 45.8 Å². The Morgan fingerprint density at radius 1 is 1.04 bits per heavy atom. The molecule has 1 fully saturated rings. The number of rotatable bonds is 4. The number of Topliss-reactive ketones (excluding diaryl/α,β-unsaturated/α-hetero) is 1. The number of hydrogen-bond acceptors (Lipinski definition) is 3. The van der Waals surface area contributed by atoms with Gasteiger partial charge in [-0.15, -0.1) is 0 Å². The number of halogens is 1. The average Bonchev–Trinajstić information content (AvgIpc) is 2.64. The number of piperidine rings is 1. The van der Waals surface area contributed by atoms with E-state index in [-0.39, 0.29) is 17.7 Å². The second-order valence-corrected chi connectivity index (χ2v) is 7.74. The van der Waals surface area contributed by atoms with Crippen LogP contribution in [0.2, 0.25) is 0 Å². The lowest BCUT2D eigenvalue weighted by Crippen LogP contribution is -2.33. The average molecular weight is 463 g/mol. The Morgan fingerprint density at radius 2 is 1.77 bits per heavy atom. The summed E-state index contributed by atoms with van der Waals surface area (Å²) in [7, 11) is 2.08. The number of nitrogens with zero attached hydrogens (tertiary/aromatic N) is 1. The van der Waals surface area contributed by atoms with Gasteiger partial charge in [-0.2, -0.15) is 0 Å². The predicted octanol–water partition coefficient (Wildman–Crippen LogP) is 4.46. The molecule has 2 amide bonds. The molecule has 1 heterocycles. The van der Waals surface area contributed by atoms with Crippen LogP contribution in [0.25, 0.3) is 0 Å². The van der Waals surface area contributed by atoms with Crippen LogP contribution in [-0.2, 0) is 0 Å². The molecule has 0 aliphatic carbocycles. The molecule has 2 N–H and O–H groups in total. The molecule has 0 aromatic heterocycles. The van der Waals surface area contributed by atoms with Gasteiger partial charge in [0, 0.05) is 20.7 Å². The van der Waals surface area contributed by atoms with E-state index < -0.39 is 0 Å². The molecule has 2 aromatic carbocycles. The van der Waals surface area contributed by atoms with E-state index in [1.807, 2.05) is 36.4 Å². The van der Waals surface area contributed by atoms with E-state index in [2.05, 4.69) is 45.2 Å². The van der Waals surface area contributed by atoms with Crippen LogP contribution in [-0.4, -0.2) is 36.9 Å². The van der Waals surface area contributed by atoms with E-state index in [0.29, 0.717) is 11.3 Å². The van der Waals surface area contributed by atoms with Crippen molar-refractivity contribution in [1.29, 1.82) is 0 Å². The van der Waals surface area contributed by atoms with E-state index in [1.165, 1.54) is 0 Å². The Bertz CT molecular complexity index is 801. The molecule has 26 heavy (non-hydrogen) atoms. The van der Waals surface area contributed by atoms with Gasteiger partial charge >= 0.3 is 6.03 Å². The van der Waals surface area contributed by atoms with E-state index in [1.54, 1.807) is 12.1 Å². The molecule has 0 spiro atoms. The molecular weight excluding hydrogens is 441 g/mol. The number of amides is 2. The lowest BCUT2D eigenvalue weighted by atomic mass is 9.89. The highest BCUT2D eigenvalue weighted by molar-refractivity contribution is 14.1. The fourth-order valence-electron chi connectivity index (χ4n) is 3.10. The van der Waals surface area contributed by atoms with Gasteiger partial charge in [0.25, 0.3) is 0 Å². The number of urea groups is 1. The first kappa shape index (κ1) is 18.8. The molecule has 0 atom stereocenters. The standard InChI is InChI=1S/C20H22IN3O2/c1-24-11-9-14(10-12-24)19(25)15-5-4-6-16(13-15)22-20(26)23-18-8-3-2-7-17(18)21/h2-8,13-14H,9-12H2,1H3,(H2,22,23,26). The van der Waals surface area contributed by atoms with Gasteiger partial charge in [0.15, 0.2) is 5.78 Å². The van der Waals surface area contributed by atoms with Crippen molar-refractivity contribution in [3.8, 4) is 0 Å². The van der Waals surface area contributed by atoms with Crippen LogP contribution in [0.1, 0.15) is 23.2 Å². The number of nitrogens with one attached hydrogen (secondary N) is 2. The van der Waals surface area contributed by atoms with Crippen LogP contribution in [0.15, 0.2) is 48.5 Å². The van der Waals surface area contributed by atoms with Gasteiger partial charge in [-0.25, -0.2) is 4.79 Å². The molecule has 5 nitrogen and oxygen atoms in total. The largest absolute Gasteiger partial charge is 0.323 e. The second kappa shape index (κ2) is 8.64. The lowest BCUT2D eigenvalue weighted by Gasteiger charge is -2.28. The normalized spacial score (nSPS) is 15.5. The Morgan fingerprint density at radius 3 is 2.50 bits per heavy atom. The van der Waals surface area contributed by atoms with Gasteiger partial charge in [-0.3, -0.25) is 4.79 Å². The van der Waals surface area contributed by atoms with Gasteiger partial charge in [-0.1, -0.05) is 24.3 Å². The Balaban J connectivity index is 1.64. The molecule has 1 saturated heterocycles. The maximum absolute atomic E-state index is 12.7. The summed E-state index contributed by atoms with van der Waals surface area (Å²) in [5.41, 5.74) is 2.03. The number of ketones is 1. The summed E-state index contributed by atoms with van der Waals surface area (Å²) in [5, 5.41) is 5.64. The van der Waals surface area contributed by atoms with Gasteiger partial charge in [0.1, 0.15) is 0 Å². The minimum Gasteiger partial charge on any atom is -0.308 e. The second-order valence-electron chi connectivity index (χ2n) is 6.58. The third-order valence-electron chi connectivity index (χ3n) is 4.62. The zero-order valence-electron chi connectivity index (χ0n) is 14.7. The zero-order valence-corrected chi connectivity index (χ0v) is 16.8. The fourth-order valence-corrected chi connectivity index (χ4v) is 3.63. The van der Waals surface area contributed by atoms with Crippen molar-refractivity contribution in [2.45, 2.75) is 12.8 Å². The predicted molar refractivity (Wildman–Crippen MR) is 113 cm³/mol. The van der Waals surface area contributed by atoms with Crippen molar-refractivity contribution < 1.29 is 9.59 Å². The minimum absolute atomic E-state index is 0.0705. The molecule has 0 radical (unpaired) electrons. The van der Waals surface area contributed by atoms with Crippen molar-refractivity contribution in [1.82, 2.24) is 4.90 Å². The topological polar surface area (TPSA) is 61.4 Å². The number of anilines is 2. The third kappa shape index (κ3) is 4.82. The number of carbonyl (C=O) groups is 2. The first-order chi connectivity index (χ1) is 12.5. The van der Waals surface area contributed by atoms with Crippen LogP contribution >= 0.6 is 22.6 Å². The summed E-state index contributed by atoms with van der Waals surface area (Å²) in [4.78, 5) is 27.2. The number of carbonyl (C=O) groups excluding carboxylic acids is 2. The summed E-state index contributed by atoms with van der Waals surface area (Å²) in [6.07, 6.45) is 1.78. The van der Waals surface area contributed by atoms with Crippen molar-refractivity contribution in [2.24, 2.45) is 5.92 Å². The van der Waals surface area contributed by atoms with Gasteiger partial charge < -0.3 is 15.5 Å². The van der Waals surface area contributed by atoms with Crippen LogP contribution < -0.4 is 10.6 Å². The first-order valence-electron chi connectivity index (χ1n) is 8.68. The number of hydrogen-bond donors (Lipinski definition) is 2. The molecule has 1 aliphatic heterocycles. The molecule has 1 aliphatic rings. The summed E-state index contributed by atoms with van der Waals surface area (Å²) < 4.78 is 0.964. The third-order valence-corrected chi connectivity index (χ3v) is 5.56. The van der Waals surface area contributed by atoms with Crippen LogP contribution in [0.5, 0.6) is 0 Å². The SMILES string of the molecule is CN1CCC(C(=O)c2cccc(NC(=O)Nc3ccccc3I)c2)CC1. The van der Waals surface area contributed by atoms with Gasteiger partial charge in [0.05, 0.1) is 5.69 Å². The molecule has 2 aromatic rings. The summed E-state index contributed by atoms with van der Waals surface area (Å²) in [6, 6.07) is 14.4. The molecule has 0 saturated carbocycles. The van der Waals surface area contributed by atoms with E-state index in [4.69, 9.17) is 0 Å². The van der Waals surface area contributed by atoms with Crippen LogP contribution in [0.3, 0.4) is 0 Å². The molecule has 0 unspecified atom stereocenters. The van der Waals surface area contributed by atoms with Crippen molar-refractivity contribution in [3.05, 3.63) is 57.7 Å². The van der Waals surface area contributed by atoms with Crippen LogP contribution in [0, 0.1) is 9.49 Å². The van der Waals surface area contributed by atoms with Gasteiger partial charge in [0.2, 0.25) is 0 Å². The summed E-state index contributed by atoms with van der Waals surface area (Å²) in [6.45, 7) is 1.90. The van der Waals surface area contributed by atoms with E-state index in [0.717, 1.165) is 35.2 Å². The maximum Gasteiger partial charge on any atom is 0.323 e. The molecule has 0 bridgehead atoms. The Labute approximate surface area is 167 Å². The zero-order chi connectivity index (χ0) is 18.5. The fraction of sp³-hybridized carbons (Fsp3) is 0.300. The quantitative estimate of drug-likeness (QED) is 0.520. The van der Waals surface area contributed by atoms with E-state index >= 15 is 0 Å². The minimum atomic E-state index is -0.321. The number of para-hydroxylation sites is 1. The summed E-state index contributed by atoms with van der Waals surface area (Å²) >= 11 is 2.17. The monoisotopic (exact) mass is 463 g/mol. The van der Waals surface area contributed by atoms with Crippen molar-refractivity contribution in [3.63, 3.8) is 0 Å². The van der Waals surface area contributed by atoms with Crippen molar-refractivity contribution in [2.75, 3.05) is 30.8 Å². The highest BCUT2D eigenvalue weighted by Crippen LogP contribution is 2.23. The highest BCUT2D eigenvalue weighted by Gasteiger charge is 2.24. The molecular formula is C20H22IN3O2. The molecule has 136 valence electrons. The highest BCUT2D eigenvalue weighted by atomic mass is 127.